The van der Waals surface area contributed by atoms with E-state index in [1.807, 2.05) is 30.3 Å². The summed E-state index contributed by atoms with van der Waals surface area (Å²) in [5.41, 5.74) is 0.882. The lowest BCUT2D eigenvalue weighted by Crippen LogP contribution is -2.01. The Kier molecular flexibility index (Phi) is 2.89. The van der Waals surface area contributed by atoms with E-state index in [-0.39, 0.29) is 10.3 Å². The van der Waals surface area contributed by atoms with E-state index in [1.54, 1.807) is 0 Å². The Morgan fingerprint density at radius 3 is 2.07 bits per heavy atom. The van der Waals surface area contributed by atoms with Crippen LogP contribution in [0.5, 0.6) is 0 Å². The third-order valence-electron chi connectivity index (χ3n) is 1.62. The molecule has 0 aliphatic carbocycles. The van der Waals surface area contributed by atoms with Crippen LogP contribution in [0, 0.1) is 0 Å². The highest BCUT2D eigenvalue weighted by Gasteiger charge is 1.95. The van der Waals surface area contributed by atoms with Crippen LogP contribution in [0.2, 0.25) is 0 Å². The van der Waals surface area contributed by atoms with Gasteiger partial charge in [0.05, 0.1) is 0 Å². The number of aromatic nitrogens is 3. The molecule has 0 amide bonds. The molecule has 0 saturated carbocycles. The van der Waals surface area contributed by atoms with Crippen LogP contribution >= 0.6 is 0 Å². The van der Waals surface area contributed by atoms with Crippen LogP contribution in [0.1, 0.15) is 0 Å². The van der Waals surface area contributed by atoms with Gasteiger partial charge in [-0.3, -0.25) is 4.98 Å². The van der Waals surface area contributed by atoms with E-state index in [4.69, 9.17) is 25.3 Å². The minimum atomic E-state index is 0.202. The van der Waals surface area contributed by atoms with E-state index in [0.717, 1.165) is 5.69 Å². The van der Waals surface area contributed by atoms with Crippen LogP contribution < -0.4 is 5.32 Å². The first-order valence-corrected chi connectivity index (χ1v) is 4.98. The fourth-order valence-corrected chi connectivity index (χ4v) is 1.45. The van der Waals surface area contributed by atoms with Gasteiger partial charge in [-0.25, -0.2) is 9.97 Å². The summed E-state index contributed by atoms with van der Waals surface area (Å²) in [7, 11) is 0. The average Bonchev–Trinajstić information content (AvgIpc) is 2.17. The van der Waals surface area contributed by atoms with Crippen molar-refractivity contribution in [2.75, 3.05) is 5.32 Å². The Bertz CT molecular complexity index is 441. The highest BCUT2D eigenvalue weighted by atomic mass is 32.1. The van der Waals surface area contributed by atoms with Crippen LogP contribution in [-0.4, -0.2) is 15.0 Å². The largest absolute Gasteiger partial charge is 0.740 e. The molecule has 0 bridgehead atoms. The molecule has 0 radical (unpaired) electrons. The normalized spacial score (nSPS) is 9.87. The van der Waals surface area contributed by atoms with Crippen molar-refractivity contribution >= 4 is 36.9 Å². The van der Waals surface area contributed by atoms with Gasteiger partial charge in [-0.15, -0.1) is 0 Å². The molecule has 0 atom stereocenters. The quantitative estimate of drug-likeness (QED) is 0.793. The second-order valence-corrected chi connectivity index (χ2v) is 3.45. The molecule has 76 valence electrons. The molecule has 0 unspecified atom stereocenters. The van der Waals surface area contributed by atoms with E-state index in [1.165, 1.54) is 0 Å². The third kappa shape index (κ3) is 2.71. The molecular weight excluding hydrogens is 228 g/mol. The minimum Gasteiger partial charge on any atom is -0.740 e. The van der Waals surface area contributed by atoms with Crippen molar-refractivity contribution in [3.8, 4) is 0 Å². The monoisotopic (exact) mass is 234 g/mol. The van der Waals surface area contributed by atoms with Crippen molar-refractivity contribution in [2.45, 2.75) is 10.3 Å². The summed E-state index contributed by atoms with van der Waals surface area (Å²) in [6, 6.07) is 9.54. The molecule has 0 aliphatic rings. The molecule has 15 heavy (non-hydrogen) atoms. The predicted octanol–water partition coefficient (Wildman–Crippen LogP) is 1.43. The van der Waals surface area contributed by atoms with Gasteiger partial charge in [0.2, 0.25) is 5.95 Å². The molecule has 2 rings (SSSR count). The van der Waals surface area contributed by atoms with Gasteiger partial charge >= 0.3 is 0 Å². The van der Waals surface area contributed by atoms with Gasteiger partial charge in [-0.2, -0.15) is 0 Å². The number of hydrogen-bond acceptors (Lipinski definition) is 6. The highest BCUT2D eigenvalue weighted by Crippen LogP contribution is 2.11. The van der Waals surface area contributed by atoms with Gasteiger partial charge < -0.3 is 30.6 Å². The van der Waals surface area contributed by atoms with Crippen molar-refractivity contribution in [3.05, 3.63) is 30.3 Å². The molecule has 0 aliphatic heterocycles. The summed E-state index contributed by atoms with van der Waals surface area (Å²) in [4.78, 5) is 11.6. The zero-order valence-electron chi connectivity index (χ0n) is 7.54. The maximum atomic E-state index is 4.83. The molecule has 0 spiro atoms. The summed E-state index contributed by atoms with van der Waals surface area (Å²) >= 11 is 9.67. The second kappa shape index (κ2) is 4.33. The van der Waals surface area contributed by atoms with E-state index >= 15 is 0 Å². The van der Waals surface area contributed by atoms with Crippen molar-refractivity contribution in [1.82, 2.24) is 15.0 Å². The van der Waals surface area contributed by atoms with Crippen LogP contribution in [0.15, 0.2) is 40.6 Å². The summed E-state index contributed by atoms with van der Waals surface area (Å²) in [6.45, 7) is 0. The van der Waals surface area contributed by atoms with Crippen molar-refractivity contribution in [1.29, 1.82) is 0 Å². The van der Waals surface area contributed by atoms with Gasteiger partial charge in [0, 0.05) is 16.0 Å². The smallest absolute Gasteiger partial charge is 0.227 e. The molecule has 1 aromatic heterocycles. The number of rotatable bonds is 2. The number of para-hydroxylation sites is 1. The SMILES string of the molecule is [S-]c1nc([S-])nc(Nc2ccccc2)n1. The van der Waals surface area contributed by atoms with E-state index in [0.29, 0.717) is 5.95 Å². The van der Waals surface area contributed by atoms with E-state index in [2.05, 4.69) is 20.3 Å². The molecule has 1 aromatic carbocycles. The minimum absolute atomic E-state index is 0.202. The molecule has 1 N–H and O–H groups in total. The highest BCUT2D eigenvalue weighted by molar-refractivity contribution is 7.59. The second-order valence-electron chi connectivity index (χ2n) is 2.72. The molecule has 4 nitrogen and oxygen atoms in total. The first kappa shape index (κ1) is 10.0. The predicted molar refractivity (Wildman–Crippen MR) is 60.8 cm³/mol. The summed E-state index contributed by atoms with van der Waals surface area (Å²) < 4.78 is 0. The topological polar surface area (TPSA) is 50.7 Å². The van der Waals surface area contributed by atoms with Crippen molar-refractivity contribution in [3.63, 3.8) is 0 Å². The summed E-state index contributed by atoms with van der Waals surface area (Å²) in [6.07, 6.45) is 0. The van der Waals surface area contributed by atoms with Gasteiger partial charge in [0.15, 0.2) is 0 Å². The number of hydrogen-bond donors (Lipinski definition) is 1. The molecule has 1 heterocycles. The molecule has 2 aromatic rings. The average molecular weight is 234 g/mol. The fourth-order valence-electron chi connectivity index (χ4n) is 1.04. The number of benzene rings is 1. The molecule has 6 heteroatoms. The number of nitrogens with one attached hydrogen (secondary N) is 1. The van der Waals surface area contributed by atoms with E-state index < -0.39 is 0 Å². The Hall–Kier alpha value is -1.53. The molecule has 0 fully saturated rings. The van der Waals surface area contributed by atoms with Crippen LogP contribution in [0.4, 0.5) is 11.6 Å². The van der Waals surface area contributed by atoms with Crippen LogP contribution in [0.3, 0.4) is 0 Å². The molecule has 0 saturated heterocycles. The number of nitrogens with zero attached hydrogens (tertiary/aromatic N) is 3. The molecular formula is C9H6N4S2-2. The standard InChI is InChI=1S/C9H8N4S2/c14-8-11-7(12-9(15)13-8)10-6-4-2-1-3-5-6/h1-5H,(H3,10,11,12,13,14,15)/p-2. The fraction of sp³-hybridized carbons (Fsp3) is 0. The van der Waals surface area contributed by atoms with Crippen molar-refractivity contribution in [2.24, 2.45) is 0 Å². The Morgan fingerprint density at radius 2 is 1.47 bits per heavy atom. The summed E-state index contributed by atoms with van der Waals surface area (Å²) in [5, 5.41) is 3.39. The van der Waals surface area contributed by atoms with Gasteiger partial charge in [-0.05, 0) is 12.1 Å². The lowest BCUT2D eigenvalue weighted by molar-refractivity contribution is 0.815. The van der Waals surface area contributed by atoms with Crippen molar-refractivity contribution < 1.29 is 0 Å². The lowest BCUT2D eigenvalue weighted by atomic mass is 10.3. The lowest BCUT2D eigenvalue weighted by Gasteiger charge is -2.12. The third-order valence-corrected chi connectivity index (χ3v) is 1.99. The van der Waals surface area contributed by atoms with Gasteiger partial charge in [-0.1, -0.05) is 18.2 Å². The van der Waals surface area contributed by atoms with E-state index in [9.17, 15) is 0 Å². The van der Waals surface area contributed by atoms with Crippen LogP contribution in [0.25, 0.3) is 0 Å². The Labute approximate surface area is 98.0 Å². The summed E-state index contributed by atoms with van der Waals surface area (Å²) in [5.74, 6) is 0.381. The number of anilines is 2. The maximum Gasteiger partial charge on any atom is 0.227 e. The Balaban J connectivity index is 2.25. The first-order valence-electron chi connectivity index (χ1n) is 4.16. The zero-order chi connectivity index (χ0) is 10.7. The Morgan fingerprint density at radius 1 is 0.867 bits per heavy atom. The first-order chi connectivity index (χ1) is 7.24. The van der Waals surface area contributed by atoms with Gasteiger partial charge in [0.25, 0.3) is 0 Å². The van der Waals surface area contributed by atoms with Crippen LogP contribution in [-0.2, 0) is 25.3 Å². The maximum absolute atomic E-state index is 4.83. The zero-order valence-corrected chi connectivity index (χ0v) is 9.18. The van der Waals surface area contributed by atoms with Gasteiger partial charge in [0.1, 0.15) is 0 Å².